The Morgan fingerprint density at radius 3 is 2.33 bits per heavy atom. The van der Waals surface area contributed by atoms with Crippen LogP contribution in [-0.2, 0) is 14.9 Å². The van der Waals surface area contributed by atoms with E-state index in [1.807, 2.05) is 30.3 Å². The van der Waals surface area contributed by atoms with Crippen molar-refractivity contribution in [1.29, 1.82) is 0 Å². The van der Waals surface area contributed by atoms with Crippen molar-refractivity contribution in [2.75, 3.05) is 19.8 Å². The zero-order chi connectivity index (χ0) is 14.8. The molecule has 3 rings (SSSR count). The number of amides is 1. The SMILES string of the molecule is O=C(NC1(CO)CCOCC1)C1(c2ccccc2)CCC1. The van der Waals surface area contributed by atoms with E-state index < -0.39 is 11.0 Å². The molecular weight excluding hydrogens is 266 g/mol. The van der Waals surface area contributed by atoms with Crippen molar-refractivity contribution in [2.24, 2.45) is 0 Å². The quantitative estimate of drug-likeness (QED) is 0.888. The van der Waals surface area contributed by atoms with E-state index in [4.69, 9.17) is 4.74 Å². The number of carbonyl (C=O) groups is 1. The van der Waals surface area contributed by atoms with Crippen LogP contribution in [0.2, 0.25) is 0 Å². The highest BCUT2D eigenvalue weighted by Gasteiger charge is 2.48. The molecule has 0 bridgehead atoms. The van der Waals surface area contributed by atoms with E-state index in [1.54, 1.807) is 0 Å². The fourth-order valence-electron chi connectivity index (χ4n) is 3.38. The van der Waals surface area contributed by atoms with Gasteiger partial charge in [0, 0.05) is 13.2 Å². The van der Waals surface area contributed by atoms with Crippen LogP contribution in [0.5, 0.6) is 0 Å². The van der Waals surface area contributed by atoms with E-state index in [1.165, 1.54) is 0 Å². The van der Waals surface area contributed by atoms with E-state index in [0.717, 1.165) is 24.8 Å². The van der Waals surface area contributed by atoms with Crippen LogP contribution in [-0.4, -0.2) is 36.4 Å². The predicted molar refractivity (Wildman–Crippen MR) is 80.0 cm³/mol. The van der Waals surface area contributed by atoms with E-state index in [0.29, 0.717) is 26.1 Å². The summed E-state index contributed by atoms with van der Waals surface area (Å²) in [5.74, 6) is 0.0656. The molecule has 1 amide bonds. The van der Waals surface area contributed by atoms with Gasteiger partial charge in [0.1, 0.15) is 0 Å². The Bertz CT molecular complexity index is 490. The van der Waals surface area contributed by atoms with Crippen LogP contribution < -0.4 is 5.32 Å². The number of nitrogens with one attached hydrogen (secondary N) is 1. The molecule has 0 atom stereocenters. The molecule has 1 aromatic carbocycles. The average Bonchev–Trinajstić information content (AvgIpc) is 2.48. The second-order valence-electron chi connectivity index (χ2n) is 6.31. The van der Waals surface area contributed by atoms with Crippen LogP contribution >= 0.6 is 0 Å². The Kier molecular flexibility index (Phi) is 4.00. The van der Waals surface area contributed by atoms with Crippen LogP contribution in [0.4, 0.5) is 0 Å². The summed E-state index contributed by atoms with van der Waals surface area (Å²) in [7, 11) is 0. The topological polar surface area (TPSA) is 58.6 Å². The molecular formula is C17H23NO3. The van der Waals surface area contributed by atoms with Crippen molar-refractivity contribution < 1.29 is 14.6 Å². The molecule has 0 spiro atoms. The molecule has 114 valence electrons. The zero-order valence-electron chi connectivity index (χ0n) is 12.3. The Hall–Kier alpha value is -1.39. The van der Waals surface area contributed by atoms with Gasteiger partial charge in [0.15, 0.2) is 0 Å². The first kappa shape index (κ1) is 14.5. The van der Waals surface area contributed by atoms with Crippen molar-refractivity contribution >= 4 is 5.91 Å². The number of hydrogen-bond acceptors (Lipinski definition) is 3. The Morgan fingerprint density at radius 2 is 1.81 bits per heavy atom. The molecule has 1 heterocycles. The summed E-state index contributed by atoms with van der Waals surface area (Å²) < 4.78 is 5.36. The minimum atomic E-state index is -0.507. The van der Waals surface area contributed by atoms with Gasteiger partial charge in [-0.05, 0) is 31.2 Å². The van der Waals surface area contributed by atoms with E-state index in [-0.39, 0.29) is 12.5 Å². The summed E-state index contributed by atoms with van der Waals surface area (Å²) in [6.07, 6.45) is 4.22. The highest BCUT2D eigenvalue weighted by atomic mass is 16.5. The van der Waals surface area contributed by atoms with Gasteiger partial charge in [-0.2, -0.15) is 0 Å². The first-order valence-corrected chi connectivity index (χ1v) is 7.78. The van der Waals surface area contributed by atoms with Gasteiger partial charge in [-0.25, -0.2) is 0 Å². The molecule has 0 radical (unpaired) electrons. The molecule has 1 saturated heterocycles. The highest BCUT2D eigenvalue weighted by molar-refractivity contribution is 5.89. The van der Waals surface area contributed by atoms with Crippen molar-refractivity contribution in [3.63, 3.8) is 0 Å². The van der Waals surface area contributed by atoms with Crippen LogP contribution in [0.1, 0.15) is 37.7 Å². The molecule has 1 aliphatic heterocycles. The summed E-state index contributed by atoms with van der Waals surface area (Å²) in [6, 6.07) is 10.0. The summed E-state index contributed by atoms with van der Waals surface area (Å²) >= 11 is 0. The monoisotopic (exact) mass is 289 g/mol. The zero-order valence-corrected chi connectivity index (χ0v) is 12.3. The lowest BCUT2D eigenvalue weighted by molar-refractivity contribution is -0.134. The fraction of sp³-hybridized carbons (Fsp3) is 0.588. The minimum Gasteiger partial charge on any atom is -0.394 e. The summed E-state index contributed by atoms with van der Waals surface area (Å²) in [6.45, 7) is 1.17. The molecule has 2 fully saturated rings. The lowest BCUT2D eigenvalue weighted by atomic mass is 9.63. The standard InChI is InChI=1S/C17H23NO3/c19-13-16(9-11-21-12-10-16)18-15(20)17(7-4-8-17)14-5-2-1-3-6-14/h1-3,5-6,19H,4,7-13H2,(H,18,20). The maximum Gasteiger partial charge on any atom is 0.231 e. The number of carbonyl (C=O) groups excluding carboxylic acids is 1. The van der Waals surface area contributed by atoms with E-state index in [2.05, 4.69) is 5.32 Å². The maximum atomic E-state index is 12.9. The number of aliphatic hydroxyl groups is 1. The number of ether oxygens (including phenoxy) is 1. The average molecular weight is 289 g/mol. The summed E-state index contributed by atoms with van der Waals surface area (Å²) in [4.78, 5) is 12.9. The molecule has 1 saturated carbocycles. The molecule has 0 aromatic heterocycles. The molecule has 4 nitrogen and oxygen atoms in total. The second-order valence-corrected chi connectivity index (χ2v) is 6.31. The smallest absolute Gasteiger partial charge is 0.231 e. The van der Waals surface area contributed by atoms with Gasteiger partial charge >= 0.3 is 0 Å². The second kappa shape index (κ2) is 5.78. The number of rotatable bonds is 4. The third kappa shape index (κ3) is 2.58. The number of hydrogen-bond donors (Lipinski definition) is 2. The minimum absolute atomic E-state index is 0.0209. The lowest BCUT2D eigenvalue weighted by Gasteiger charge is -2.45. The molecule has 1 aromatic rings. The first-order valence-electron chi connectivity index (χ1n) is 7.78. The molecule has 1 aliphatic carbocycles. The largest absolute Gasteiger partial charge is 0.394 e. The van der Waals surface area contributed by atoms with Gasteiger partial charge in [0.25, 0.3) is 0 Å². The Labute approximate surface area is 125 Å². The van der Waals surface area contributed by atoms with Gasteiger partial charge < -0.3 is 15.2 Å². The summed E-state index contributed by atoms with van der Waals surface area (Å²) in [5.41, 5.74) is 0.183. The van der Waals surface area contributed by atoms with Crippen LogP contribution in [0.15, 0.2) is 30.3 Å². The third-order valence-corrected chi connectivity index (χ3v) is 5.10. The molecule has 2 N–H and O–H groups in total. The maximum absolute atomic E-state index is 12.9. The van der Waals surface area contributed by atoms with Crippen LogP contribution in [0.25, 0.3) is 0 Å². The van der Waals surface area contributed by atoms with Crippen LogP contribution in [0.3, 0.4) is 0 Å². The number of aliphatic hydroxyl groups excluding tert-OH is 1. The molecule has 4 heteroatoms. The number of benzene rings is 1. The molecule has 21 heavy (non-hydrogen) atoms. The Morgan fingerprint density at radius 1 is 1.14 bits per heavy atom. The predicted octanol–water partition coefficient (Wildman–Crippen LogP) is 1.77. The van der Waals surface area contributed by atoms with E-state index >= 15 is 0 Å². The van der Waals surface area contributed by atoms with Crippen molar-refractivity contribution in [2.45, 2.75) is 43.1 Å². The first-order chi connectivity index (χ1) is 10.2. The van der Waals surface area contributed by atoms with Gasteiger partial charge in [0.05, 0.1) is 17.6 Å². The van der Waals surface area contributed by atoms with Crippen molar-refractivity contribution in [3.8, 4) is 0 Å². The highest BCUT2D eigenvalue weighted by Crippen LogP contribution is 2.44. The third-order valence-electron chi connectivity index (χ3n) is 5.10. The molecule has 2 aliphatic rings. The lowest BCUT2D eigenvalue weighted by Crippen LogP contribution is -2.60. The van der Waals surface area contributed by atoms with Crippen LogP contribution in [0, 0.1) is 0 Å². The molecule has 0 unspecified atom stereocenters. The van der Waals surface area contributed by atoms with Gasteiger partial charge in [0.2, 0.25) is 5.91 Å². The van der Waals surface area contributed by atoms with Gasteiger partial charge in [-0.1, -0.05) is 36.8 Å². The van der Waals surface area contributed by atoms with Crippen molar-refractivity contribution in [3.05, 3.63) is 35.9 Å². The van der Waals surface area contributed by atoms with E-state index in [9.17, 15) is 9.90 Å². The van der Waals surface area contributed by atoms with Gasteiger partial charge in [-0.3, -0.25) is 4.79 Å². The summed E-state index contributed by atoms with van der Waals surface area (Å²) in [5, 5.41) is 12.9. The Balaban J connectivity index is 1.80. The van der Waals surface area contributed by atoms with Gasteiger partial charge in [-0.15, -0.1) is 0 Å². The normalized spacial score (nSPS) is 23.1. The van der Waals surface area contributed by atoms with Crippen molar-refractivity contribution in [1.82, 2.24) is 5.32 Å². The fourth-order valence-corrected chi connectivity index (χ4v) is 3.38.